The number of hydrogen-bond acceptors (Lipinski definition) is 4. The van der Waals surface area contributed by atoms with Crippen LogP contribution >= 0.6 is 0 Å². The topological polar surface area (TPSA) is 51.2 Å². The van der Waals surface area contributed by atoms with Gasteiger partial charge in [0.25, 0.3) is 0 Å². The molecule has 104 valence electrons. The molecule has 1 aliphatic heterocycles. The number of pyridine rings is 1. The predicted octanol–water partition coefficient (Wildman–Crippen LogP) is 1.87. The summed E-state index contributed by atoms with van der Waals surface area (Å²) in [5.41, 5.74) is -0.00283. The van der Waals surface area contributed by atoms with Crippen LogP contribution in [0.4, 0.5) is 4.39 Å². The zero-order valence-corrected chi connectivity index (χ0v) is 11.4. The van der Waals surface area contributed by atoms with E-state index in [9.17, 15) is 9.18 Å². The van der Waals surface area contributed by atoms with Gasteiger partial charge in [0.2, 0.25) is 0 Å². The van der Waals surface area contributed by atoms with Gasteiger partial charge in [-0.25, -0.2) is 4.39 Å². The molecule has 5 heteroatoms. The highest BCUT2D eigenvalue weighted by atomic mass is 19.1. The van der Waals surface area contributed by atoms with Gasteiger partial charge in [-0.1, -0.05) is 0 Å². The fourth-order valence-electron chi connectivity index (χ4n) is 2.32. The first-order valence-electron chi connectivity index (χ1n) is 6.41. The van der Waals surface area contributed by atoms with Crippen molar-refractivity contribution in [3.63, 3.8) is 0 Å². The summed E-state index contributed by atoms with van der Waals surface area (Å²) in [6.07, 6.45) is 2.72. The van der Waals surface area contributed by atoms with Gasteiger partial charge in [0.15, 0.2) is 0 Å². The fraction of sp³-hybridized carbons (Fsp3) is 0.571. The molecule has 1 saturated heterocycles. The highest BCUT2D eigenvalue weighted by molar-refractivity contribution is 5.75. The molecule has 4 nitrogen and oxygen atoms in total. The van der Waals surface area contributed by atoms with Crippen molar-refractivity contribution in [2.45, 2.75) is 32.3 Å². The van der Waals surface area contributed by atoms with Gasteiger partial charge >= 0.3 is 5.97 Å². The number of esters is 1. The van der Waals surface area contributed by atoms with Crippen LogP contribution in [0, 0.1) is 11.7 Å². The Morgan fingerprint density at radius 3 is 2.84 bits per heavy atom. The quantitative estimate of drug-likeness (QED) is 0.830. The molecule has 0 radical (unpaired) electrons. The lowest BCUT2D eigenvalue weighted by Gasteiger charge is -2.24. The Balaban J connectivity index is 2.18. The third-order valence-corrected chi connectivity index (χ3v) is 3.13. The van der Waals surface area contributed by atoms with E-state index in [4.69, 9.17) is 4.74 Å². The van der Waals surface area contributed by atoms with Crippen molar-refractivity contribution < 1.29 is 13.9 Å². The maximum absolute atomic E-state index is 13.8. The zero-order chi connectivity index (χ0) is 14.0. The summed E-state index contributed by atoms with van der Waals surface area (Å²) in [4.78, 5) is 15.9. The predicted molar refractivity (Wildman–Crippen MR) is 69.1 cm³/mol. The van der Waals surface area contributed by atoms with Gasteiger partial charge in [0, 0.05) is 25.2 Å². The van der Waals surface area contributed by atoms with Gasteiger partial charge in [-0.05, 0) is 32.4 Å². The SMILES string of the molecule is CC(C)(C)OC(=O)C1CNCC1c1ccncc1F. The Labute approximate surface area is 112 Å². The highest BCUT2D eigenvalue weighted by Crippen LogP contribution is 2.31. The van der Waals surface area contributed by atoms with E-state index in [1.807, 2.05) is 20.8 Å². The third-order valence-electron chi connectivity index (χ3n) is 3.13. The van der Waals surface area contributed by atoms with E-state index >= 15 is 0 Å². The van der Waals surface area contributed by atoms with E-state index in [0.29, 0.717) is 18.7 Å². The first-order valence-corrected chi connectivity index (χ1v) is 6.41. The van der Waals surface area contributed by atoms with Crippen molar-refractivity contribution in [1.29, 1.82) is 0 Å². The molecule has 0 aromatic carbocycles. The number of carbonyl (C=O) groups excluding carboxylic acids is 1. The summed E-state index contributed by atoms with van der Waals surface area (Å²) in [6, 6.07) is 1.63. The van der Waals surface area contributed by atoms with Crippen LogP contribution in [0.25, 0.3) is 0 Å². The zero-order valence-electron chi connectivity index (χ0n) is 11.4. The number of ether oxygens (including phenoxy) is 1. The van der Waals surface area contributed by atoms with Gasteiger partial charge in [-0.2, -0.15) is 0 Å². The second-order valence-electron chi connectivity index (χ2n) is 5.80. The molecule has 1 aromatic heterocycles. The highest BCUT2D eigenvalue weighted by Gasteiger charge is 2.37. The average Bonchev–Trinajstić information content (AvgIpc) is 2.76. The minimum atomic E-state index is -0.527. The number of carbonyl (C=O) groups is 1. The standard InChI is InChI=1S/C14H19FN2O2/c1-14(2,3)19-13(18)11-7-17-6-10(11)9-4-5-16-8-12(9)15/h4-5,8,10-11,17H,6-7H2,1-3H3. The second-order valence-corrected chi connectivity index (χ2v) is 5.80. The largest absolute Gasteiger partial charge is 0.460 e. The van der Waals surface area contributed by atoms with Crippen molar-refractivity contribution in [1.82, 2.24) is 10.3 Å². The van der Waals surface area contributed by atoms with Crippen LogP contribution in [-0.2, 0) is 9.53 Å². The van der Waals surface area contributed by atoms with Crippen LogP contribution in [-0.4, -0.2) is 29.6 Å². The average molecular weight is 266 g/mol. The van der Waals surface area contributed by atoms with Gasteiger partial charge in [0.1, 0.15) is 11.4 Å². The molecule has 1 aromatic rings. The van der Waals surface area contributed by atoms with Crippen LogP contribution in [0.15, 0.2) is 18.5 Å². The molecular formula is C14H19FN2O2. The molecule has 1 N–H and O–H groups in total. The Hall–Kier alpha value is -1.49. The lowest BCUT2D eigenvalue weighted by atomic mass is 9.89. The Morgan fingerprint density at radius 1 is 1.47 bits per heavy atom. The second kappa shape index (κ2) is 5.25. The van der Waals surface area contributed by atoms with E-state index in [1.54, 1.807) is 12.3 Å². The maximum atomic E-state index is 13.8. The first kappa shape index (κ1) is 13.9. The van der Waals surface area contributed by atoms with E-state index < -0.39 is 5.60 Å². The molecule has 0 aliphatic carbocycles. The van der Waals surface area contributed by atoms with E-state index in [0.717, 1.165) is 0 Å². The lowest BCUT2D eigenvalue weighted by Crippen LogP contribution is -2.32. The monoisotopic (exact) mass is 266 g/mol. The summed E-state index contributed by atoms with van der Waals surface area (Å²) in [7, 11) is 0. The first-order chi connectivity index (χ1) is 8.88. The molecule has 2 unspecified atom stereocenters. The van der Waals surface area contributed by atoms with Gasteiger partial charge in [-0.15, -0.1) is 0 Å². The Bertz CT molecular complexity index is 471. The van der Waals surface area contributed by atoms with E-state index in [-0.39, 0.29) is 23.6 Å². The van der Waals surface area contributed by atoms with Crippen LogP contribution < -0.4 is 5.32 Å². The number of rotatable bonds is 2. The van der Waals surface area contributed by atoms with Crippen molar-refractivity contribution >= 4 is 5.97 Å². The van der Waals surface area contributed by atoms with Crippen LogP contribution in [0.3, 0.4) is 0 Å². The normalized spacial score (nSPS) is 23.4. The Morgan fingerprint density at radius 2 is 2.21 bits per heavy atom. The van der Waals surface area contributed by atoms with Crippen LogP contribution in [0.2, 0.25) is 0 Å². The summed E-state index contributed by atoms with van der Waals surface area (Å²) >= 11 is 0. The molecule has 2 heterocycles. The fourth-order valence-corrected chi connectivity index (χ4v) is 2.32. The molecule has 0 spiro atoms. The van der Waals surface area contributed by atoms with Crippen molar-refractivity contribution in [3.8, 4) is 0 Å². The molecule has 0 amide bonds. The molecule has 19 heavy (non-hydrogen) atoms. The maximum Gasteiger partial charge on any atom is 0.311 e. The molecule has 2 rings (SSSR count). The number of aromatic nitrogens is 1. The smallest absolute Gasteiger partial charge is 0.311 e. The summed E-state index contributed by atoms with van der Waals surface area (Å²) in [5, 5.41) is 3.13. The summed E-state index contributed by atoms with van der Waals surface area (Å²) in [5.74, 6) is -1.20. The van der Waals surface area contributed by atoms with Gasteiger partial charge < -0.3 is 10.1 Å². The molecule has 0 saturated carbocycles. The summed E-state index contributed by atoms with van der Waals surface area (Å²) in [6.45, 7) is 6.58. The van der Waals surface area contributed by atoms with Gasteiger partial charge in [-0.3, -0.25) is 9.78 Å². The Kier molecular flexibility index (Phi) is 3.85. The van der Waals surface area contributed by atoms with Crippen molar-refractivity contribution in [2.24, 2.45) is 5.92 Å². The molecule has 1 aliphatic rings. The summed E-state index contributed by atoms with van der Waals surface area (Å²) < 4.78 is 19.2. The van der Waals surface area contributed by atoms with Gasteiger partial charge in [0.05, 0.1) is 12.1 Å². The lowest BCUT2D eigenvalue weighted by molar-refractivity contribution is -0.159. The van der Waals surface area contributed by atoms with Crippen molar-refractivity contribution in [2.75, 3.05) is 13.1 Å². The van der Waals surface area contributed by atoms with Crippen LogP contribution in [0.5, 0.6) is 0 Å². The third kappa shape index (κ3) is 3.29. The van der Waals surface area contributed by atoms with E-state index in [2.05, 4.69) is 10.3 Å². The number of nitrogens with zero attached hydrogens (tertiary/aromatic N) is 1. The molecule has 1 fully saturated rings. The molecule has 0 bridgehead atoms. The van der Waals surface area contributed by atoms with Crippen LogP contribution in [0.1, 0.15) is 32.3 Å². The number of hydrogen-bond donors (Lipinski definition) is 1. The minimum absolute atomic E-state index is 0.196. The number of halogens is 1. The number of nitrogens with one attached hydrogen (secondary N) is 1. The van der Waals surface area contributed by atoms with Crippen molar-refractivity contribution in [3.05, 3.63) is 29.8 Å². The molecule has 2 atom stereocenters. The van der Waals surface area contributed by atoms with E-state index in [1.165, 1.54) is 6.20 Å². The minimum Gasteiger partial charge on any atom is -0.460 e. The molecular weight excluding hydrogens is 247 g/mol.